The van der Waals surface area contributed by atoms with E-state index in [9.17, 15) is 28.9 Å². The number of anilines is 1. The molecule has 2 N–H and O–H groups in total. The summed E-state index contributed by atoms with van der Waals surface area (Å²) in [5.41, 5.74) is 0.536. The van der Waals surface area contributed by atoms with Gasteiger partial charge in [-0.15, -0.1) is 0 Å². The molecule has 204 valence electrons. The molecule has 0 unspecified atom stereocenters. The van der Waals surface area contributed by atoms with Crippen molar-refractivity contribution in [3.05, 3.63) is 152 Å². The molecule has 0 fully saturated rings. The number of nitro benzene ring substituents is 1. The third kappa shape index (κ3) is 7.37. The lowest BCUT2D eigenvalue weighted by molar-refractivity contribution is -0.385. The maximum absolute atomic E-state index is 14.0. The van der Waals surface area contributed by atoms with Crippen molar-refractivity contribution < 1.29 is 23.7 Å². The van der Waals surface area contributed by atoms with E-state index in [0.717, 1.165) is 0 Å². The molecule has 4 aromatic rings. The van der Waals surface area contributed by atoms with Gasteiger partial charge in [-0.05, 0) is 72.8 Å². The van der Waals surface area contributed by atoms with Crippen LogP contribution in [0.3, 0.4) is 0 Å². The van der Waals surface area contributed by atoms with Gasteiger partial charge in [0.2, 0.25) is 0 Å². The summed E-state index contributed by atoms with van der Waals surface area (Å²) >= 11 is 5.99. The second-order valence-corrected chi connectivity index (χ2v) is 8.97. The van der Waals surface area contributed by atoms with E-state index in [1.54, 1.807) is 36.4 Å². The maximum atomic E-state index is 14.0. The minimum atomic E-state index is -0.749. The van der Waals surface area contributed by atoms with Gasteiger partial charge in [-0.3, -0.25) is 24.5 Å². The number of nitrogens with zero attached hydrogens (tertiary/aromatic N) is 1. The zero-order valence-electron chi connectivity index (χ0n) is 21.2. The monoisotopic (exact) mass is 569 g/mol. The van der Waals surface area contributed by atoms with E-state index in [4.69, 9.17) is 11.6 Å². The van der Waals surface area contributed by atoms with E-state index in [-0.39, 0.29) is 44.3 Å². The van der Waals surface area contributed by atoms with Crippen LogP contribution in [0.15, 0.2) is 109 Å². The summed E-state index contributed by atoms with van der Waals surface area (Å²) in [4.78, 5) is 49.5. The van der Waals surface area contributed by atoms with Crippen LogP contribution in [0.1, 0.15) is 31.8 Å². The summed E-state index contributed by atoms with van der Waals surface area (Å²) in [6, 6.07) is 24.0. The highest BCUT2D eigenvalue weighted by atomic mass is 35.5. The zero-order valence-corrected chi connectivity index (χ0v) is 22.0. The number of rotatable bonds is 9. The molecule has 0 atom stereocenters. The first-order valence-corrected chi connectivity index (χ1v) is 12.5. The van der Waals surface area contributed by atoms with Crippen LogP contribution in [-0.2, 0) is 4.79 Å². The fourth-order valence-corrected chi connectivity index (χ4v) is 3.94. The molecule has 4 rings (SSSR count). The van der Waals surface area contributed by atoms with Crippen molar-refractivity contribution in [2.75, 3.05) is 5.32 Å². The van der Waals surface area contributed by atoms with Crippen LogP contribution in [-0.4, -0.2) is 22.5 Å². The first kappa shape index (κ1) is 28.6. The summed E-state index contributed by atoms with van der Waals surface area (Å²) in [6.45, 7) is 0. The third-order valence-corrected chi connectivity index (χ3v) is 6.12. The summed E-state index contributed by atoms with van der Waals surface area (Å²) in [5, 5.41) is 16.8. The van der Waals surface area contributed by atoms with E-state index in [1.807, 2.05) is 0 Å². The predicted octanol–water partition coefficient (Wildman–Crippen LogP) is 6.69. The molecule has 0 aliphatic rings. The molecule has 0 spiro atoms. The lowest BCUT2D eigenvalue weighted by Gasteiger charge is -2.12. The summed E-state index contributed by atoms with van der Waals surface area (Å²) < 4.78 is 14.0. The van der Waals surface area contributed by atoms with E-state index < -0.39 is 28.3 Å². The van der Waals surface area contributed by atoms with Crippen LogP contribution in [0.5, 0.6) is 0 Å². The largest absolute Gasteiger partial charge is 0.321 e. The van der Waals surface area contributed by atoms with E-state index in [0.29, 0.717) is 0 Å². The standard InChI is InChI=1S/C31H21ClFN3O5/c32-25-10-6-11-26(33)24(25)17-18-29(37)20-13-15-23(16-14-20)34-31(39)27(35-30(38)21-7-2-1-3-8-21)19-22-9-4-5-12-28(22)36(40)41/h1-19H,(H,34,39)(H,35,38)/b18-17+,27-19-. The second kappa shape index (κ2) is 13.1. The molecule has 0 aliphatic carbocycles. The number of carbonyl (C=O) groups is 3. The Morgan fingerprint density at radius 3 is 2.20 bits per heavy atom. The number of nitrogens with one attached hydrogen (secondary N) is 2. The van der Waals surface area contributed by atoms with Crippen LogP contribution in [0, 0.1) is 15.9 Å². The van der Waals surface area contributed by atoms with Gasteiger partial charge in [0.1, 0.15) is 11.5 Å². The molecule has 0 saturated carbocycles. The predicted molar refractivity (Wildman–Crippen MR) is 155 cm³/mol. The quantitative estimate of drug-likeness (QED) is 0.101. The van der Waals surface area contributed by atoms with Gasteiger partial charge in [0, 0.05) is 28.4 Å². The Kier molecular flexibility index (Phi) is 9.13. The van der Waals surface area contributed by atoms with Crippen LogP contribution < -0.4 is 10.6 Å². The number of ketones is 1. The van der Waals surface area contributed by atoms with E-state index >= 15 is 0 Å². The fourth-order valence-electron chi connectivity index (χ4n) is 3.72. The van der Waals surface area contributed by atoms with Crippen molar-refractivity contribution in [3.63, 3.8) is 0 Å². The molecular weight excluding hydrogens is 549 g/mol. The first-order chi connectivity index (χ1) is 19.7. The van der Waals surface area contributed by atoms with E-state index in [2.05, 4.69) is 10.6 Å². The topological polar surface area (TPSA) is 118 Å². The summed E-state index contributed by atoms with van der Waals surface area (Å²) in [5.74, 6) is -2.33. The minimum Gasteiger partial charge on any atom is -0.321 e. The Bertz CT molecular complexity index is 1670. The van der Waals surface area contributed by atoms with Gasteiger partial charge in [-0.2, -0.15) is 0 Å². The molecule has 2 amide bonds. The highest BCUT2D eigenvalue weighted by molar-refractivity contribution is 6.32. The smallest absolute Gasteiger partial charge is 0.276 e. The van der Waals surface area contributed by atoms with Crippen LogP contribution >= 0.6 is 11.6 Å². The SMILES string of the molecule is O=C(Nc1ccc(C(=O)/C=C/c2c(F)cccc2Cl)cc1)/C(=C/c1ccccc1[N+](=O)[O-])NC(=O)c1ccccc1. The van der Waals surface area contributed by atoms with Crippen LogP contribution in [0.2, 0.25) is 5.02 Å². The van der Waals surface area contributed by atoms with Crippen LogP contribution in [0.4, 0.5) is 15.8 Å². The Hall–Kier alpha value is -5.41. The van der Waals surface area contributed by atoms with Gasteiger partial charge in [0.15, 0.2) is 5.78 Å². The average molecular weight is 570 g/mol. The zero-order chi connectivity index (χ0) is 29.4. The van der Waals surface area contributed by atoms with Crippen molar-refractivity contribution in [2.45, 2.75) is 0 Å². The third-order valence-electron chi connectivity index (χ3n) is 5.79. The number of amides is 2. The van der Waals surface area contributed by atoms with Crippen molar-refractivity contribution in [1.29, 1.82) is 0 Å². The number of nitro groups is 1. The van der Waals surface area contributed by atoms with Gasteiger partial charge < -0.3 is 10.6 Å². The van der Waals surface area contributed by atoms with Crippen LogP contribution in [0.25, 0.3) is 12.2 Å². The maximum Gasteiger partial charge on any atom is 0.276 e. The normalized spacial score (nSPS) is 11.2. The molecule has 0 aromatic heterocycles. The molecular formula is C31H21ClFN3O5. The average Bonchev–Trinajstić information content (AvgIpc) is 2.97. The minimum absolute atomic E-state index is 0.0851. The summed E-state index contributed by atoms with van der Waals surface area (Å²) in [6.07, 6.45) is 3.68. The lowest BCUT2D eigenvalue weighted by atomic mass is 10.1. The lowest BCUT2D eigenvalue weighted by Crippen LogP contribution is -2.30. The Morgan fingerprint density at radius 2 is 1.51 bits per heavy atom. The molecule has 8 nitrogen and oxygen atoms in total. The van der Waals surface area contributed by atoms with Gasteiger partial charge in [0.25, 0.3) is 17.5 Å². The van der Waals surface area contributed by atoms with E-state index in [1.165, 1.54) is 78.9 Å². The molecule has 0 radical (unpaired) electrons. The van der Waals surface area contributed by atoms with Crippen molar-refractivity contribution in [1.82, 2.24) is 5.32 Å². The summed E-state index contributed by atoms with van der Waals surface area (Å²) in [7, 11) is 0. The van der Waals surface area contributed by atoms with Gasteiger partial charge >= 0.3 is 0 Å². The number of carbonyl (C=O) groups excluding carboxylic acids is 3. The number of halogens is 2. The van der Waals surface area contributed by atoms with Crippen molar-refractivity contribution in [2.24, 2.45) is 0 Å². The Balaban J connectivity index is 1.55. The molecule has 0 saturated heterocycles. The highest BCUT2D eigenvalue weighted by Crippen LogP contribution is 2.22. The molecule has 10 heteroatoms. The number of allylic oxidation sites excluding steroid dienone is 1. The number of benzene rings is 4. The molecule has 41 heavy (non-hydrogen) atoms. The number of para-hydroxylation sites is 1. The highest BCUT2D eigenvalue weighted by Gasteiger charge is 2.18. The number of hydrogen-bond acceptors (Lipinski definition) is 5. The number of hydrogen-bond donors (Lipinski definition) is 2. The van der Waals surface area contributed by atoms with Gasteiger partial charge in [-0.25, -0.2) is 4.39 Å². The first-order valence-electron chi connectivity index (χ1n) is 12.1. The molecule has 4 aromatic carbocycles. The second-order valence-electron chi connectivity index (χ2n) is 8.56. The Labute approximate surface area is 238 Å². The van der Waals surface area contributed by atoms with Crippen molar-refractivity contribution >= 4 is 52.7 Å². The Morgan fingerprint density at radius 1 is 0.829 bits per heavy atom. The fraction of sp³-hybridized carbons (Fsp3) is 0. The van der Waals surface area contributed by atoms with Crippen molar-refractivity contribution in [3.8, 4) is 0 Å². The molecule has 0 aliphatic heterocycles. The van der Waals surface area contributed by atoms with Gasteiger partial charge in [0.05, 0.1) is 15.5 Å². The molecule has 0 bridgehead atoms. The van der Waals surface area contributed by atoms with Gasteiger partial charge in [-0.1, -0.05) is 48.0 Å². The molecule has 0 heterocycles.